The first-order valence-electron chi connectivity index (χ1n) is 4.48. The van der Waals surface area contributed by atoms with Crippen LogP contribution in [0.4, 0.5) is 0 Å². The summed E-state index contributed by atoms with van der Waals surface area (Å²) in [4.78, 5) is 12.9. The van der Waals surface area contributed by atoms with Gasteiger partial charge < -0.3 is 10.0 Å². The molecular formula is C9H14N2O2. The van der Waals surface area contributed by atoms with Crippen molar-refractivity contribution in [1.82, 2.24) is 4.90 Å². The van der Waals surface area contributed by atoms with E-state index in [1.165, 1.54) is 0 Å². The second-order valence-corrected chi connectivity index (χ2v) is 3.51. The van der Waals surface area contributed by atoms with Crippen LogP contribution in [-0.4, -0.2) is 35.1 Å². The van der Waals surface area contributed by atoms with E-state index in [0.717, 1.165) is 0 Å². The third-order valence-electron chi connectivity index (χ3n) is 2.44. The van der Waals surface area contributed by atoms with Gasteiger partial charge in [-0.3, -0.25) is 4.79 Å². The lowest BCUT2D eigenvalue weighted by Crippen LogP contribution is -2.44. The lowest BCUT2D eigenvalue weighted by atomic mass is 9.96. The van der Waals surface area contributed by atoms with Crippen molar-refractivity contribution >= 4 is 5.91 Å². The zero-order valence-corrected chi connectivity index (χ0v) is 7.73. The highest BCUT2D eigenvalue weighted by molar-refractivity contribution is 5.78. The van der Waals surface area contributed by atoms with Crippen LogP contribution in [0.25, 0.3) is 0 Å². The molecule has 4 nitrogen and oxygen atoms in total. The van der Waals surface area contributed by atoms with E-state index in [-0.39, 0.29) is 24.3 Å². The smallest absolute Gasteiger partial charge is 0.236 e. The van der Waals surface area contributed by atoms with Crippen molar-refractivity contribution in [2.45, 2.75) is 25.9 Å². The van der Waals surface area contributed by atoms with Gasteiger partial charge in [0.1, 0.15) is 6.42 Å². The number of likely N-dealkylation sites (tertiary alicyclic amines) is 1. The van der Waals surface area contributed by atoms with Gasteiger partial charge in [0, 0.05) is 13.1 Å². The van der Waals surface area contributed by atoms with Crippen LogP contribution >= 0.6 is 0 Å². The normalized spacial score (nSPS) is 28.2. The Morgan fingerprint density at radius 1 is 1.77 bits per heavy atom. The summed E-state index contributed by atoms with van der Waals surface area (Å²) in [5.74, 6) is -0.00218. The fourth-order valence-electron chi connectivity index (χ4n) is 1.54. The van der Waals surface area contributed by atoms with Crippen LogP contribution in [0.1, 0.15) is 19.8 Å². The molecule has 1 rings (SSSR count). The number of piperidine rings is 1. The highest BCUT2D eigenvalue weighted by Gasteiger charge is 2.26. The topological polar surface area (TPSA) is 64.3 Å². The van der Waals surface area contributed by atoms with Crippen molar-refractivity contribution in [3.8, 4) is 6.07 Å². The Labute approximate surface area is 77.8 Å². The van der Waals surface area contributed by atoms with Gasteiger partial charge >= 0.3 is 0 Å². The minimum Gasteiger partial charge on any atom is -0.393 e. The Bertz CT molecular complexity index is 234. The number of hydrogen-bond donors (Lipinski definition) is 1. The maximum atomic E-state index is 11.3. The zero-order chi connectivity index (χ0) is 9.84. The van der Waals surface area contributed by atoms with Gasteiger partial charge in [0.05, 0.1) is 12.2 Å². The number of aliphatic hydroxyl groups excluding tert-OH is 1. The summed E-state index contributed by atoms with van der Waals surface area (Å²) in [5.41, 5.74) is 0. The molecule has 0 spiro atoms. The van der Waals surface area contributed by atoms with Crippen LogP contribution in [0.15, 0.2) is 0 Å². The van der Waals surface area contributed by atoms with Crippen molar-refractivity contribution in [1.29, 1.82) is 5.26 Å². The summed E-state index contributed by atoms with van der Waals surface area (Å²) in [6.45, 7) is 3.06. The summed E-state index contributed by atoms with van der Waals surface area (Å²) in [6, 6.07) is 1.84. The van der Waals surface area contributed by atoms with E-state index in [2.05, 4.69) is 0 Å². The molecule has 1 heterocycles. The summed E-state index contributed by atoms with van der Waals surface area (Å²) in [7, 11) is 0. The first-order chi connectivity index (χ1) is 6.15. The molecule has 13 heavy (non-hydrogen) atoms. The number of nitriles is 1. The van der Waals surface area contributed by atoms with E-state index >= 15 is 0 Å². The summed E-state index contributed by atoms with van der Waals surface area (Å²) in [6.07, 6.45) is 0.271. The van der Waals surface area contributed by atoms with Gasteiger partial charge in [-0.05, 0) is 12.3 Å². The molecule has 2 unspecified atom stereocenters. The second kappa shape index (κ2) is 4.24. The molecule has 1 saturated heterocycles. The average molecular weight is 182 g/mol. The number of aliphatic hydroxyl groups is 1. The molecule has 0 aromatic heterocycles. The van der Waals surface area contributed by atoms with E-state index < -0.39 is 0 Å². The van der Waals surface area contributed by atoms with E-state index in [0.29, 0.717) is 19.5 Å². The quantitative estimate of drug-likeness (QED) is 0.627. The molecule has 2 atom stereocenters. The van der Waals surface area contributed by atoms with Gasteiger partial charge in [0.25, 0.3) is 0 Å². The van der Waals surface area contributed by atoms with Gasteiger partial charge in [-0.2, -0.15) is 5.26 Å². The number of carbonyl (C=O) groups is 1. The van der Waals surface area contributed by atoms with E-state index in [4.69, 9.17) is 5.26 Å². The second-order valence-electron chi connectivity index (χ2n) is 3.51. The molecule has 1 amide bonds. The van der Waals surface area contributed by atoms with E-state index in [1.807, 2.05) is 13.0 Å². The molecular weight excluding hydrogens is 168 g/mol. The third kappa shape index (κ3) is 2.43. The molecule has 0 saturated carbocycles. The average Bonchev–Trinajstić information content (AvgIpc) is 2.10. The first-order valence-corrected chi connectivity index (χ1v) is 4.48. The Kier molecular flexibility index (Phi) is 3.26. The Morgan fingerprint density at radius 2 is 2.46 bits per heavy atom. The molecule has 1 aliphatic heterocycles. The van der Waals surface area contributed by atoms with Crippen LogP contribution in [0.2, 0.25) is 0 Å². The molecule has 4 heteroatoms. The monoisotopic (exact) mass is 182 g/mol. The summed E-state index contributed by atoms with van der Waals surface area (Å²) in [5, 5.41) is 17.7. The van der Waals surface area contributed by atoms with E-state index in [9.17, 15) is 9.90 Å². The van der Waals surface area contributed by atoms with E-state index in [1.54, 1.807) is 4.90 Å². The summed E-state index contributed by atoms with van der Waals surface area (Å²) >= 11 is 0. The van der Waals surface area contributed by atoms with Crippen molar-refractivity contribution in [3.63, 3.8) is 0 Å². The molecule has 72 valence electrons. The first kappa shape index (κ1) is 10.0. The number of amides is 1. The Hall–Kier alpha value is -1.08. The maximum Gasteiger partial charge on any atom is 0.236 e. The molecule has 1 N–H and O–H groups in total. The van der Waals surface area contributed by atoms with Gasteiger partial charge in [-0.25, -0.2) is 0 Å². The van der Waals surface area contributed by atoms with Gasteiger partial charge in [-0.1, -0.05) is 6.92 Å². The minimum atomic E-state index is -0.300. The number of rotatable bonds is 1. The van der Waals surface area contributed by atoms with Crippen LogP contribution in [-0.2, 0) is 4.79 Å². The van der Waals surface area contributed by atoms with Crippen molar-refractivity contribution < 1.29 is 9.90 Å². The zero-order valence-electron chi connectivity index (χ0n) is 7.73. The minimum absolute atomic E-state index is 0.0528. The number of carbonyl (C=O) groups excluding carboxylic acids is 1. The van der Waals surface area contributed by atoms with Gasteiger partial charge in [0.2, 0.25) is 5.91 Å². The highest BCUT2D eigenvalue weighted by atomic mass is 16.3. The molecule has 0 radical (unpaired) electrons. The van der Waals surface area contributed by atoms with Crippen molar-refractivity contribution in [3.05, 3.63) is 0 Å². The summed E-state index contributed by atoms with van der Waals surface area (Å²) < 4.78 is 0. The van der Waals surface area contributed by atoms with Crippen molar-refractivity contribution in [2.24, 2.45) is 5.92 Å². The lowest BCUT2D eigenvalue weighted by Gasteiger charge is -2.33. The predicted octanol–water partition coefficient (Wildman–Crippen LogP) is 0.129. The van der Waals surface area contributed by atoms with Crippen LogP contribution < -0.4 is 0 Å². The highest BCUT2D eigenvalue weighted by Crippen LogP contribution is 2.16. The molecule has 0 aromatic carbocycles. The van der Waals surface area contributed by atoms with Crippen LogP contribution in [0, 0.1) is 17.2 Å². The van der Waals surface area contributed by atoms with Crippen LogP contribution in [0.5, 0.6) is 0 Å². The van der Waals surface area contributed by atoms with Crippen molar-refractivity contribution in [2.75, 3.05) is 13.1 Å². The lowest BCUT2D eigenvalue weighted by molar-refractivity contribution is -0.133. The predicted molar refractivity (Wildman–Crippen MR) is 46.6 cm³/mol. The van der Waals surface area contributed by atoms with Crippen LogP contribution in [0.3, 0.4) is 0 Å². The molecule has 0 bridgehead atoms. The largest absolute Gasteiger partial charge is 0.393 e. The molecule has 1 aliphatic rings. The van der Waals surface area contributed by atoms with Gasteiger partial charge in [-0.15, -0.1) is 0 Å². The molecule has 0 aliphatic carbocycles. The third-order valence-corrected chi connectivity index (χ3v) is 2.44. The molecule has 0 aromatic rings. The maximum absolute atomic E-state index is 11.3. The SMILES string of the molecule is CC1CN(C(=O)CC#N)CCC1O. The van der Waals surface area contributed by atoms with Gasteiger partial charge in [0.15, 0.2) is 0 Å². The number of hydrogen-bond acceptors (Lipinski definition) is 3. The number of nitrogens with zero attached hydrogens (tertiary/aromatic N) is 2. The Morgan fingerprint density at radius 3 is 3.00 bits per heavy atom. The fourth-order valence-corrected chi connectivity index (χ4v) is 1.54. The molecule has 1 fully saturated rings. The Balaban J connectivity index is 2.46. The standard InChI is InChI=1S/C9H14N2O2/c1-7-6-11(5-3-8(7)12)9(13)2-4-10/h7-8,12H,2-3,5-6H2,1H3. The fraction of sp³-hybridized carbons (Fsp3) is 0.778.